The largest absolute Gasteiger partial charge is 0.496 e. The predicted molar refractivity (Wildman–Crippen MR) is 118 cm³/mol. The van der Waals surface area contributed by atoms with Gasteiger partial charge in [0.05, 0.1) is 29.9 Å². The van der Waals surface area contributed by atoms with Gasteiger partial charge in [0.25, 0.3) is 10.0 Å². The van der Waals surface area contributed by atoms with E-state index in [1.165, 1.54) is 30.5 Å². The molecule has 3 aromatic rings. The molecule has 0 atom stereocenters. The Morgan fingerprint density at radius 1 is 1.10 bits per heavy atom. The van der Waals surface area contributed by atoms with Crippen LogP contribution >= 0.6 is 11.6 Å². The molecule has 3 rings (SSSR count). The van der Waals surface area contributed by atoms with Crippen molar-refractivity contribution in [1.29, 1.82) is 5.26 Å². The monoisotopic (exact) mass is 455 g/mol. The second-order valence-corrected chi connectivity index (χ2v) is 8.40. The van der Waals surface area contributed by atoms with E-state index in [-0.39, 0.29) is 11.5 Å². The average Bonchev–Trinajstić information content (AvgIpc) is 2.78. The normalized spacial score (nSPS) is 11.1. The standard InChI is InChI=1S/C22H18ClN3O4S/c1-29-22-11-4-17(12-18(22)15-30-20-7-2-16(13-24)3-8-20)14-25-26-31(27,28)21-9-5-19(23)6-10-21/h2-12,14,26H,15H2,1H3/b25-14+. The van der Waals surface area contributed by atoms with E-state index in [1.54, 1.807) is 49.6 Å². The minimum Gasteiger partial charge on any atom is -0.496 e. The van der Waals surface area contributed by atoms with Crippen LogP contribution in [0.2, 0.25) is 5.02 Å². The molecule has 0 aromatic heterocycles. The zero-order chi connectivity index (χ0) is 22.3. The number of hydrazone groups is 1. The molecule has 0 saturated carbocycles. The summed E-state index contributed by atoms with van der Waals surface area (Å²) >= 11 is 5.79. The minimum absolute atomic E-state index is 0.0558. The van der Waals surface area contributed by atoms with Crippen LogP contribution in [-0.2, 0) is 16.6 Å². The van der Waals surface area contributed by atoms with Crippen LogP contribution in [0.5, 0.6) is 11.5 Å². The number of benzene rings is 3. The first-order valence-electron chi connectivity index (χ1n) is 9.01. The third-order valence-corrected chi connectivity index (χ3v) is 5.68. The van der Waals surface area contributed by atoms with Crippen LogP contribution < -0.4 is 14.3 Å². The van der Waals surface area contributed by atoms with Crippen molar-refractivity contribution in [2.75, 3.05) is 7.11 Å². The molecular formula is C22H18ClN3O4S. The molecular weight excluding hydrogens is 438 g/mol. The van der Waals surface area contributed by atoms with E-state index < -0.39 is 10.0 Å². The van der Waals surface area contributed by atoms with Gasteiger partial charge in [0, 0.05) is 10.6 Å². The summed E-state index contributed by atoms with van der Waals surface area (Å²) in [6, 6.07) is 19.8. The number of sulfonamides is 1. The van der Waals surface area contributed by atoms with E-state index in [0.717, 1.165) is 5.56 Å². The Kier molecular flexibility index (Phi) is 7.13. The summed E-state index contributed by atoms with van der Waals surface area (Å²) in [5.74, 6) is 1.23. The van der Waals surface area contributed by atoms with Crippen molar-refractivity contribution >= 4 is 27.8 Å². The highest BCUT2D eigenvalue weighted by molar-refractivity contribution is 7.89. The minimum atomic E-state index is -3.80. The number of hydrogen-bond donors (Lipinski definition) is 1. The van der Waals surface area contributed by atoms with Gasteiger partial charge in [-0.15, -0.1) is 0 Å². The number of nitrogens with one attached hydrogen (secondary N) is 1. The van der Waals surface area contributed by atoms with Crippen LogP contribution in [-0.4, -0.2) is 21.7 Å². The molecule has 9 heteroatoms. The molecule has 0 saturated heterocycles. The van der Waals surface area contributed by atoms with Gasteiger partial charge in [0.15, 0.2) is 0 Å². The van der Waals surface area contributed by atoms with Crippen molar-refractivity contribution < 1.29 is 17.9 Å². The Balaban J connectivity index is 1.70. The maximum absolute atomic E-state index is 12.3. The van der Waals surface area contributed by atoms with Gasteiger partial charge >= 0.3 is 0 Å². The molecule has 0 amide bonds. The molecule has 31 heavy (non-hydrogen) atoms. The van der Waals surface area contributed by atoms with Crippen LogP contribution in [0.4, 0.5) is 0 Å². The highest BCUT2D eigenvalue weighted by Crippen LogP contribution is 2.22. The second kappa shape index (κ2) is 9.98. The van der Waals surface area contributed by atoms with Crippen LogP contribution in [0.25, 0.3) is 0 Å². The van der Waals surface area contributed by atoms with E-state index in [1.807, 2.05) is 0 Å². The maximum Gasteiger partial charge on any atom is 0.276 e. The zero-order valence-corrected chi connectivity index (χ0v) is 18.0. The molecule has 0 heterocycles. The number of methoxy groups -OCH3 is 1. The number of halogens is 1. The lowest BCUT2D eigenvalue weighted by molar-refractivity contribution is 0.296. The van der Waals surface area contributed by atoms with E-state index in [0.29, 0.717) is 27.6 Å². The Labute approximate surface area is 185 Å². The summed E-state index contributed by atoms with van der Waals surface area (Å²) < 4.78 is 35.7. The van der Waals surface area contributed by atoms with Crippen molar-refractivity contribution in [2.24, 2.45) is 5.10 Å². The first-order chi connectivity index (χ1) is 14.9. The molecule has 158 valence electrons. The van der Waals surface area contributed by atoms with Gasteiger partial charge in [-0.05, 0) is 72.3 Å². The number of rotatable bonds is 8. The van der Waals surface area contributed by atoms with Gasteiger partial charge in [-0.1, -0.05) is 11.6 Å². The van der Waals surface area contributed by atoms with Gasteiger partial charge < -0.3 is 9.47 Å². The lowest BCUT2D eigenvalue weighted by atomic mass is 10.1. The lowest BCUT2D eigenvalue weighted by Crippen LogP contribution is -2.18. The molecule has 0 bridgehead atoms. The third-order valence-electron chi connectivity index (χ3n) is 4.19. The summed E-state index contributed by atoms with van der Waals surface area (Å²) in [7, 11) is -2.25. The van der Waals surface area contributed by atoms with E-state index in [4.69, 9.17) is 26.3 Å². The molecule has 0 spiro atoms. The van der Waals surface area contributed by atoms with Crippen LogP contribution in [0.15, 0.2) is 76.7 Å². The number of nitrogens with zero attached hydrogens (tertiary/aromatic N) is 2. The summed E-state index contributed by atoms with van der Waals surface area (Å²) in [5, 5.41) is 13.1. The van der Waals surface area contributed by atoms with E-state index in [2.05, 4.69) is 16.0 Å². The molecule has 0 fully saturated rings. The number of hydrogen-bond acceptors (Lipinski definition) is 6. The van der Waals surface area contributed by atoms with Gasteiger partial charge in [0.1, 0.15) is 18.1 Å². The summed E-state index contributed by atoms with van der Waals surface area (Å²) in [6.45, 7) is 0.216. The summed E-state index contributed by atoms with van der Waals surface area (Å²) in [6.07, 6.45) is 1.39. The van der Waals surface area contributed by atoms with E-state index >= 15 is 0 Å². The van der Waals surface area contributed by atoms with Crippen molar-refractivity contribution in [3.63, 3.8) is 0 Å². The van der Waals surface area contributed by atoms with Crippen LogP contribution in [0.3, 0.4) is 0 Å². The topological polar surface area (TPSA) is 101 Å². The van der Waals surface area contributed by atoms with Gasteiger partial charge in [0.2, 0.25) is 0 Å². The Bertz CT molecular complexity index is 1220. The van der Waals surface area contributed by atoms with Crippen molar-refractivity contribution in [3.05, 3.63) is 88.4 Å². The van der Waals surface area contributed by atoms with Crippen LogP contribution in [0, 0.1) is 11.3 Å². The van der Waals surface area contributed by atoms with Crippen molar-refractivity contribution in [3.8, 4) is 17.6 Å². The first-order valence-corrected chi connectivity index (χ1v) is 10.9. The lowest BCUT2D eigenvalue weighted by Gasteiger charge is -2.11. The smallest absolute Gasteiger partial charge is 0.276 e. The Hall–Kier alpha value is -3.54. The van der Waals surface area contributed by atoms with Crippen LogP contribution in [0.1, 0.15) is 16.7 Å². The Morgan fingerprint density at radius 2 is 1.81 bits per heavy atom. The third kappa shape index (κ3) is 5.98. The molecule has 0 aliphatic carbocycles. The second-order valence-electron chi connectivity index (χ2n) is 6.30. The highest BCUT2D eigenvalue weighted by atomic mass is 35.5. The molecule has 0 radical (unpaired) electrons. The summed E-state index contributed by atoms with van der Waals surface area (Å²) in [5.41, 5.74) is 1.94. The maximum atomic E-state index is 12.3. The fraction of sp³-hybridized carbons (Fsp3) is 0.0909. The number of nitriles is 1. The predicted octanol–water partition coefficient (Wildman–Crippen LogP) is 4.11. The fourth-order valence-electron chi connectivity index (χ4n) is 2.62. The quantitative estimate of drug-likeness (QED) is 0.407. The van der Waals surface area contributed by atoms with Gasteiger partial charge in [-0.3, -0.25) is 0 Å². The molecule has 0 aliphatic heterocycles. The fourth-order valence-corrected chi connectivity index (χ4v) is 3.53. The van der Waals surface area contributed by atoms with E-state index in [9.17, 15) is 8.42 Å². The average molecular weight is 456 g/mol. The van der Waals surface area contributed by atoms with Crippen molar-refractivity contribution in [1.82, 2.24) is 4.83 Å². The molecule has 0 unspecified atom stereocenters. The molecule has 7 nitrogen and oxygen atoms in total. The van der Waals surface area contributed by atoms with Gasteiger partial charge in [-0.25, -0.2) is 4.83 Å². The SMILES string of the molecule is COc1ccc(/C=N/NS(=O)(=O)c2ccc(Cl)cc2)cc1COc1ccc(C#N)cc1. The molecule has 0 aliphatic rings. The van der Waals surface area contributed by atoms with Gasteiger partial charge in [-0.2, -0.15) is 18.8 Å². The van der Waals surface area contributed by atoms with Crippen molar-refractivity contribution in [2.45, 2.75) is 11.5 Å². The summed E-state index contributed by atoms with van der Waals surface area (Å²) in [4.78, 5) is 2.23. The number of ether oxygens (including phenoxy) is 2. The first kappa shape index (κ1) is 22.2. The Morgan fingerprint density at radius 3 is 2.45 bits per heavy atom. The molecule has 3 aromatic carbocycles. The molecule has 1 N–H and O–H groups in total. The highest BCUT2D eigenvalue weighted by Gasteiger charge is 2.12. The zero-order valence-electron chi connectivity index (χ0n) is 16.4.